The van der Waals surface area contributed by atoms with Crippen LogP contribution in [0.4, 0.5) is 5.69 Å². The van der Waals surface area contributed by atoms with E-state index in [1.807, 2.05) is 42.5 Å². The number of nitrogens with one attached hydrogen (secondary N) is 1. The fourth-order valence-corrected chi connectivity index (χ4v) is 3.45. The number of anilines is 1. The van der Waals surface area contributed by atoms with E-state index in [9.17, 15) is 4.79 Å². The summed E-state index contributed by atoms with van der Waals surface area (Å²) in [7, 11) is 0. The average Bonchev–Trinajstić information content (AvgIpc) is 3.23. The molecule has 2 aromatic heterocycles. The molecule has 6 nitrogen and oxygen atoms in total. The Morgan fingerprint density at radius 3 is 2.74 bits per heavy atom. The van der Waals surface area contributed by atoms with Crippen LogP contribution in [-0.2, 0) is 4.79 Å². The first kappa shape index (κ1) is 19.1. The van der Waals surface area contributed by atoms with Gasteiger partial charge in [-0.2, -0.15) is 4.98 Å². The molecule has 0 saturated heterocycles. The number of ether oxygens (including phenoxy) is 1. The maximum atomic E-state index is 12.4. The first-order valence-electron chi connectivity index (χ1n) is 9.59. The number of hydrogen-bond acceptors (Lipinski definition) is 5. The molecule has 152 valence electrons. The third-order valence-corrected chi connectivity index (χ3v) is 5.07. The van der Waals surface area contributed by atoms with Gasteiger partial charge < -0.3 is 14.5 Å². The van der Waals surface area contributed by atoms with Crippen molar-refractivity contribution in [3.05, 3.63) is 84.0 Å². The van der Waals surface area contributed by atoms with Crippen molar-refractivity contribution in [3.8, 4) is 17.2 Å². The number of aromatic nitrogens is 2. The Kier molecular flexibility index (Phi) is 4.98. The molecule has 0 aliphatic rings. The number of carbonyl (C=O) groups excluding carboxylic acids is 1. The maximum Gasteiger partial charge on any atom is 0.262 e. The van der Waals surface area contributed by atoms with Gasteiger partial charge in [0.2, 0.25) is 5.89 Å². The number of benzene rings is 3. The fourth-order valence-electron chi connectivity index (χ4n) is 3.25. The van der Waals surface area contributed by atoms with Gasteiger partial charge in [-0.15, -0.1) is 0 Å². The molecule has 1 amide bonds. The van der Waals surface area contributed by atoms with Gasteiger partial charge in [-0.25, -0.2) is 4.98 Å². The van der Waals surface area contributed by atoms with E-state index in [4.69, 9.17) is 20.8 Å². The lowest BCUT2D eigenvalue weighted by atomic mass is 10.1. The van der Waals surface area contributed by atoms with Crippen molar-refractivity contribution in [3.63, 3.8) is 0 Å². The van der Waals surface area contributed by atoms with E-state index in [-0.39, 0.29) is 12.5 Å². The van der Waals surface area contributed by atoms with Gasteiger partial charge in [0, 0.05) is 11.9 Å². The lowest BCUT2D eigenvalue weighted by molar-refractivity contribution is -0.118. The molecular weight excluding hydrogens is 414 g/mol. The fraction of sp³-hybridized carbons (Fsp3) is 0.0417. The van der Waals surface area contributed by atoms with E-state index in [0.717, 1.165) is 10.8 Å². The lowest BCUT2D eigenvalue weighted by Crippen LogP contribution is -2.20. The van der Waals surface area contributed by atoms with Crippen molar-refractivity contribution in [2.75, 3.05) is 11.9 Å². The molecular formula is C24H16ClN3O3. The van der Waals surface area contributed by atoms with Gasteiger partial charge in [-0.05, 0) is 53.2 Å². The Bertz CT molecular complexity index is 1380. The summed E-state index contributed by atoms with van der Waals surface area (Å²) in [6.07, 6.45) is 1.64. The molecule has 0 radical (unpaired) electrons. The Balaban J connectivity index is 1.30. The van der Waals surface area contributed by atoms with Gasteiger partial charge in [-0.3, -0.25) is 4.79 Å². The smallest absolute Gasteiger partial charge is 0.262 e. The number of pyridine rings is 1. The van der Waals surface area contributed by atoms with Crippen molar-refractivity contribution in [2.24, 2.45) is 0 Å². The summed E-state index contributed by atoms with van der Waals surface area (Å²) in [5.74, 6) is 0.674. The molecule has 2 heterocycles. The molecule has 0 atom stereocenters. The maximum absolute atomic E-state index is 12.4. The minimum absolute atomic E-state index is 0.122. The van der Waals surface area contributed by atoms with Crippen molar-refractivity contribution < 1.29 is 13.9 Å². The molecule has 0 fully saturated rings. The zero-order valence-corrected chi connectivity index (χ0v) is 17.0. The van der Waals surface area contributed by atoms with Crippen LogP contribution in [0.1, 0.15) is 0 Å². The van der Waals surface area contributed by atoms with E-state index in [1.165, 1.54) is 0 Å². The van der Waals surface area contributed by atoms with Gasteiger partial charge in [-0.1, -0.05) is 41.9 Å². The lowest BCUT2D eigenvalue weighted by Gasteiger charge is -2.09. The molecule has 0 saturated carbocycles. The molecule has 7 heteroatoms. The van der Waals surface area contributed by atoms with Crippen molar-refractivity contribution in [1.82, 2.24) is 9.97 Å². The number of rotatable bonds is 5. The number of nitrogens with zero attached hydrogens (tertiary/aromatic N) is 2. The second-order valence-corrected chi connectivity index (χ2v) is 7.29. The van der Waals surface area contributed by atoms with Crippen LogP contribution in [0.2, 0.25) is 5.02 Å². The van der Waals surface area contributed by atoms with Crippen LogP contribution in [-0.4, -0.2) is 22.5 Å². The van der Waals surface area contributed by atoms with Crippen LogP contribution in [0.3, 0.4) is 0 Å². The Labute approximate surface area is 182 Å². The second-order valence-electron chi connectivity index (χ2n) is 6.88. The summed E-state index contributed by atoms with van der Waals surface area (Å²) in [5.41, 5.74) is 2.17. The quantitative estimate of drug-likeness (QED) is 0.387. The highest BCUT2D eigenvalue weighted by molar-refractivity contribution is 6.33. The largest absolute Gasteiger partial charge is 0.484 e. The SMILES string of the molecule is O=C(COc1ccc2ccccc2c1)Nc1ccc(Cl)c(-c2nc3ncccc3o2)c1. The number of fused-ring (bicyclic) bond motifs is 2. The molecule has 0 bridgehead atoms. The molecule has 5 aromatic rings. The van der Waals surface area contributed by atoms with Crippen LogP contribution in [0.15, 0.2) is 83.4 Å². The van der Waals surface area contributed by atoms with Gasteiger partial charge in [0.05, 0.1) is 10.6 Å². The highest BCUT2D eigenvalue weighted by Gasteiger charge is 2.14. The molecule has 5 rings (SSSR count). The minimum Gasteiger partial charge on any atom is -0.484 e. The Morgan fingerprint density at radius 2 is 1.87 bits per heavy atom. The van der Waals surface area contributed by atoms with E-state index >= 15 is 0 Å². The summed E-state index contributed by atoms with van der Waals surface area (Å²) in [4.78, 5) is 20.9. The van der Waals surface area contributed by atoms with Crippen LogP contribution in [0, 0.1) is 0 Å². The van der Waals surface area contributed by atoms with Crippen molar-refractivity contribution in [2.45, 2.75) is 0 Å². The molecule has 1 N–H and O–H groups in total. The van der Waals surface area contributed by atoms with Crippen molar-refractivity contribution >= 4 is 45.2 Å². The summed E-state index contributed by atoms with van der Waals surface area (Å²) >= 11 is 6.33. The van der Waals surface area contributed by atoms with Crippen molar-refractivity contribution in [1.29, 1.82) is 0 Å². The molecule has 0 aliphatic carbocycles. The number of hydrogen-bond donors (Lipinski definition) is 1. The van der Waals surface area contributed by atoms with Gasteiger partial charge in [0.1, 0.15) is 5.75 Å². The highest BCUT2D eigenvalue weighted by Crippen LogP contribution is 2.31. The first-order valence-corrected chi connectivity index (χ1v) is 9.96. The van der Waals surface area contributed by atoms with Gasteiger partial charge in [0.25, 0.3) is 5.91 Å². The summed E-state index contributed by atoms with van der Waals surface area (Å²) in [6, 6.07) is 22.3. The number of amides is 1. The van der Waals surface area contributed by atoms with Crippen LogP contribution in [0.5, 0.6) is 5.75 Å². The Morgan fingerprint density at radius 1 is 1.00 bits per heavy atom. The summed E-state index contributed by atoms with van der Waals surface area (Å²) < 4.78 is 11.4. The van der Waals surface area contributed by atoms with E-state index in [2.05, 4.69) is 15.3 Å². The van der Waals surface area contributed by atoms with E-state index in [1.54, 1.807) is 36.5 Å². The van der Waals surface area contributed by atoms with Crippen LogP contribution >= 0.6 is 11.6 Å². The number of oxazole rings is 1. The summed E-state index contributed by atoms with van der Waals surface area (Å²) in [6.45, 7) is -0.122. The van der Waals surface area contributed by atoms with Gasteiger partial charge in [0.15, 0.2) is 17.8 Å². The van der Waals surface area contributed by atoms with E-state index in [0.29, 0.717) is 39.1 Å². The minimum atomic E-state index is -0.291. The standard InChI is InChI=1S/C24H16ClN3O3/c25-20-10-8-17(13-19(20)24-28-23-21(31-24)6-3-11-26-23)27-22(29)14-30-18-9-7-15-4-1-2-5-16(15)12-18/h1-13H,14H2,(H,27,29). The second kappa shape index (κ2) is 8.08. The third-order valence-electron chi connectivity index (χ3n) is 4.74. The van der Waals surface area contributed by atoms with Gasteiger partial charge >= 0.3 is 0 Å². The Hall–Kier alpha value is -3.90. The highest BCUT2D eigenvalue weighted by atomic mass is 35.5. The zero-order chi connectivity index (χ0) is 21.2. The van der Waals surface area contributed by atoms with Crippen LogP contribution in [0.25, 0.3) is 33.5 Å². The zero-order valence-electron chi connectivity index (χ0n) is 16.2. The molecule has 0 spiro atoms. The topological polar surface area (TPSA) is 77.2 Å². The third kappa shape index (κ3) is 4.06. The average molecular weight is 430 g/mol. The molecule has 0 unspecified atom stereocenters. The molecule has 0 aliphatic heterocycles. The molecule has 31 heavy (non-hydrogen) atoms. The summed E-state index contributed by atoms with van der Waals surface area (Å²) in [5, 5.41) is 5.43. The number of halogens is 1. The first-order chi connectivity index (χ1) is 15.2. The normalized spacial score (nSPS) is 11.0. The molecule has 3 aromatic carbocycles. The monoisotopic (exact) mass is 429 g/mol. The predicted octanol–water partition coefficient (Wildman–Crippen LogP) is 5.71. The van der Waals surface area contributed by atoms with E-state index < -0.39 is 0 Å². The number of carbonyl (C=O) groups is 1. The predicted molar refractivity (Wildman–Crippen MR) is 120 cm³/mol. The van der Waals surface area contributed by atoms with Crippen LogP contribution < -0.4 is 10.1 Å².